The third kappa shape index (κ3) is 1.84. The quantitative estimate of drug-likeness (QED) is 0.810. The summed E-state index contributed by atoms with van der Waals surface area (Å²) in [4.78, 5) is 12.4. The molecule has 2 heterocycles. The van der Waals surface area contributed by atoms with Crippen molar-refractivity contribution in [2.45, 2.75) is 12.5 Å². The molecule has 0 bridgehead atoms. The first-order chi connectivity index (χ1) is 8.75. The zero-order valence-electron chi connectivity index (χ0n) is 10.3. The number of nitrogens with one attached hydrogen (secondary N) is 1. The van der Waals surface area contributed by atoms with Gasteiger partial charge in [0.15, 0.2) is 0 Å². The summed E-state index contributed by atoms with van der Waals surface area (Å²) in [6.45, 7) is 0.834. The Hall–Kier alpha value is -1.94. The number of fused-ring (bicyclic) bond motifs is 1. The second-order valence-corrected chi connectivity index (χ2v) is 4.57. The maximum Gasteiger partial charge on any atom is 0.204 e. The summed E-state index contributed by atoms with van der Waals surface area (Å²) in [5, 5.41) is 7.47. The number of hydrogen-bond acceptors (Lipinski definition) is 3. The fourth-order valence-electron chi connectivity index (χ4n) is 2.43. The number of benzene rings is 1. The molecule has 3 rings (SSSR count). The number of aromatic nitrogens is 2. The van der Waals surface area contributed by atoms with Gasteiger partial charge in [-0.05, 0) is 23.6 Å². The molecule has 92 valence electrons. The maximum absolute atomic E-state index is 12.4. The number of aryl methyl sites for hydroxylation is 1. The van der Waals surface area contributed by atoms with Gasteiger partial charge >= 0.3 is 0 Å². The molecule has 1 unspecified atom stereocenters. The minimum absolute atomic E-state index is 0.0442. The van der Waals surface area contributed by atoms with Crippen molar-refractivity contribution in [3.8, 4) is 0 Å². The minimum atomic E-state index is -0.259. The van der Waals surface area contributed by atoms with Gasteiger partial charge in [0.05, 0.1) is 6.04 Å². The lowest BCUT2D eigenvalue weighted by Crippen LogP contribution is -2.35. The summed E-state index contributed by atoms with van der Waals surface area (Å²) in [5.74, 6) is 0.0442. The highest BCUT2D eigenvalue weighted by molar-refractivity contribution is 5.99. The number of rotatable bonds is 2. The Labute approximate surface area is 106 Å². The zero-order valence-corrected chi connectivity index (χ0v) is 10.3. The smallest absolute Gasteiger partial charge is 0.204 e. The van der Waals surface area contributed by atoms with Crippen LogP contribution in [-0.2, 0) is 13.5 Å². The number of nitrogens with zero attached hydrogens (tertiary/aromatic N) is 2. The Bertz CT molecular complexity index is 588. The summed E-state index contributed by atoms with van der Waals surface area (Å²) >= 11 is 0. The molecule has 0 radical (unpaired) electrons. The van der Waals surface area contributed by atoms with Gasteiger partial charge in [0.25, 0.3) is 0 Å². The number of ketones is 1. The zero-order chi connectivity index (χ0) is 12.5. The lowest BCUT2D eigenvalue weighted by molar-refractivity contribution is 0.0934. The first kappa shape index (κ1) is 11.2. The van der Waals surface area contributed by atoms with Crippen molar-refractivity contribution >= 4 is 5.78 Å². The van der Waals surface area contributed by atoms with Gasteiger partial charge in [0.2, 0.25) is 5.78 Å². The Morgan fingerprint density at radius 3 is 3.00 bits per heavy atom. The molecule has 4 nitrogen and oxygen atoms in total. The topological polar surface area (TPSA) is 46.9 Å². The molecule has 0 spiro atoms. The lowest BCUT2D eigenvalue weighted by atomic mass is 9.91. The highest BCUT2D eigenvalue weighted by Gasteiger charge is 2.27. The van der Waals surface area contributed by atoms with Crippen molar-refractivity contribution in [1.82, 2.24) is 15.1 Å². The van der Waals surface area contributed by atoms with E-state index in [9.17, 15) is 4.79 Å². The van der Waals surface area contributed by atoms with Crippen LogP contribution in [0, 0.1) is 0 Å². The normalized spacial score (nSPS) is 18.4. The third-order valence-corrected chi connectivity index (χ3v) is 3.34. The Morgan fingerprint density at radius 2 is 2.22 bits per heavy atom. The van der Waals surface area contributed by atoms with Crippen molar-refractivity contribution in [1.29, 1.82) is 0 Å². The van der Waals surface area contributed by atoms with Crippen molar-refractivity contribution in [3.63, 3.8) is 0 Å². The van der Waals surface area contributed by atoms with Gasteiger partial charge in [-0.25, -0.2) is 0 Å². The van der Waals surface area contributed by atoms with Gasteiger partial charge < -0.3 is 5.32 Å². The first-order valence-electron chi connectivity index (χ1n) is 6.11. The van der Waals surface area contributed by atoms with E-state index in [0.29, 0.717) is 5.69 Å². The van der Waals surface area contributed by atoms with Crippen LogP contribution >= 0.6 is 0 Å². The fourth-order valence-corrected chi connectivity index (χ4v) is 2.43. The standard InChI is InChI=1S/C14H15N3O/c1-17-9-7-12(16-17)14(18)13-11-5-3-2-4-10(11)6-8-15-13/h2-5,7,9,13,15H,6,8H2,1H3. The van der Waals surface area contributed by atoms with E-state index in [-0.39, 0.29) is 11.8 Å². The van der Waals surface area contributed by atoms with Crippen LogP contribution in [0.15, 0.2) is 36.5 Å². The molecule has 0 fully saturated rings. The van der Waals surface area contributed by atoms with E-state index in [4.69, 9.17) is 0 Å². The third-order valence-electron chi connectivity index (χ3n) is 3.34. The van der Waals surface area contributed by atoms with Crippen molar-refractivity contribution in [3.05, 3.63) is 53.3 Å². The largest absolute Gasteiger partial charge is 0.303 e. The van der Waals surface area contributed by atoms with Crippen LogP contribution in [0.25, 0.3) is 0 Å². The molecule has 1 N–H and O–H groups in total. The number of carbonyl (C=O) groups excluding carboxylic acids is 1. The summed E-state index contributed by atoms with van der Waals surface area (Å²) in [7, 11) is 1.82. The molecule has 1 aliphatic heterocycles. The van der Waals surface area contributed by atoms with E-state index in [1.807, 2.05) is 25.2 Å². The molecule has 0 saturated carbocycles. The molecule has 0 aliphatic carbocycles. The van der Waals surface area contributed by atoms with E-state index < -0.39 is 0 Å². The SMILES string of the molecule is Cn1ccc(C(=O)C2NCCc3ccccc32)n1. The van der Waals surface area contributed by atoms with Gasteiger partial charge in [-0.15, -0.1) is 0 Å². The second-order valence-electron chi connectivity index (χ2n) is 4.57. The van der Waals surface area contributed by atoms with Crippen LogP contribution in [0.5, 0.6) is 0 Å². The van der Waals surface area contributed by atoms with Crippen LogP contribution in [0.3, 0.4) is 0 Å². The van der Waals surface area contributed by atoms with Gasteiger partial charge in [-0.2, -0.15) is 5.10 Å². The highest BCUT2D eigenvalue weighted by atomic mass is 16.1. The predicted molar refractivity (Wildman–Crippen MR) is 68.4 cm³/mol. The minimum Gasteiger partial charge on any atom is -0.303 e. The molecule has 18 heavy (non-hydrogen) atoms. The molecular weight excluding hydrogens is 226 g/mol. The van der Waals surface area contributed by atoms with Crippen LogP contribution in [-0.4, -0.2) is 22.1 Å². The molecule has 0 saturated heterocycles. The molecule has 1 aliphatic rings. The number of Topliss-reactive ketones (excluding diaryl/α,β-unsaturated/α-hetero) is 1. The highest BCUT2D eigenvalue weighted by Crippen LogP contribution is 2.25. The van der Waals surface area contributed by atoms with Crippen LogP contribution in [0.4, 0.5) is 0 Å². The van der Waals surface area contributed by atoms with Crippen LogP contribution in [0.2, 0.25) is 0 Å². The predicted octanol–water partition coefficient (Wildman–Crippen LogP) is 1.49. The molecule has 0 amide bonds. The molecular formula is C14H15N3O. The van der Waals surface area contributed by atoms with Crippen molar-refractivity contribution < 1.29 is 4.79 Å². The van der Waals surface area contributed by atoms with Gasteiger partial charge in [-0.1, -0.05) is 24.3 Å². The molecule has 1 aromatic heterocycles. The molecule has 1 aromatic carbocycles. The van der Waals surface area contributed by atoms with E-state index in [1.165, 1.54) is 5.56 Å². The first-order valence-corrected chi connectivity index (χ1v) is 6.11. The molecule has 4 heteroatoms. The summed E-state index contributed by atoms with van der Waals surface area (Å²) in [6.07, 6.45) is 2.77. The van der Waals surface area contributed by atoms with Gasteiger partial charge in [0.1, 0.15) is 5.69 Å². The van der Waals surface area contributed by atoms with Crippen LogP contribution < -0.4 is 5.32 Å². The Balaban J connectivity index is 1.96. The molecule has 2 aromatic rings. The number of carbonyl (C=O) groups is 1. The Kier molecular flexibility index (Phi) is 2.72. The van der Waals surface area contributed by atoms with E-state index >= 15 is 0 Å². The fraction of sp³-hybridized carbons (Fsp3) is 0.286. The summed E-state index contributed by atoms with van der Waals surface area (Å²) in [5.41, 5.74) is 2.86. The summed E-state index contributed by atoms with van der Waals surface area (Å²) in [6, 6.07) is 9.62. The van der Waals surface area contributed by atoms with Gasteiger partial charge in [0, 0.05) is 19.8 Å². The average molecular weight is 241 g/mol. The van der Waals surface area contributed by atoms with Crippen LogP contribution in [0.1, 0.15) is 27.7 Å². The van der Waals surface area contributed by atoms with E-state index in [2.05, 4.69) is 16.5 Å². The summed E-state index contributed by atoms with van der Waals surface area (Å²) < 4.78 is 1.65. The maximum atomic E-state index is 12.4. The van der Waals surface area contributed by atoms with Gasteiger partial charge in [-0.3, -0.25) is 9.48 Å². The second kappa shape index (κ2) is 4.38. The van der Waals surface area contributed by atoms with Crippen molar-refractivity contribution in [2.75, 3.05) is 6.54 Å². The van der Waals surface area contributed by atoms with E-state index in [0.717, 1.165) is 18.5 Å². The Morgan fingerprint density at radius 1 is 1.39 bits per heavy atom. The van der Waals surface area contributed by atoms with Crippen molar-refractivity contribution in [2.24, 2.45) is 7.05 Å². The van der Waals surface area contributed by atoms with E-state index in [1.54, 1.807) is 16.9 Å². The lowest BCUT2D eigenvalue weighted by Gasteiger charge is -2.25. The molecule has 1 atom stereocenters. The number of hydrogen-bond donors (Lipinski definition) is 1. The average Bonchev–Trinajstić information content (AvgIpc) is 2.84. The monoisotopic (exact) mass is 241 g/mol.